The number of anilines is 1. The van der Waals surface area contributed by atoms with Crippen LogP contribution in [0.15, 0.2) is 6.33 Å². The smallest absolute Gasteiger partial charge is 0.226 e. The van der Waals surface area contributed by atoms with E-state index < -0.39 is 12.3 Å². The van der Waals surface area contributed by atoms with E-state index >= 15 is 0 Å². The first kappa shape index (κ1) is 15.9. The van der Waals surface area contributed by atoms with E-state index in [9.17, 15) is 10.2 Å². The molecule has 0 aliphatic carbocycles. The maximum absolute atomic E-state index is 10.2. The number of nitrogens with zero attached hydrogens (tertiary/aromatic N) is 4. The van der Waals surface area contributed by atoms with Crippen LogP contribution in [0.2, 0.25) is 5.28 Å². The zero-order valence-electron chi connectivity index (χ0n) is 11.5. The normalized spacial score (nSPS) is 16.0. The third kappa shape index (κ3) is 3.24. The van der Waals surface area contributed by atoms with Gasteiger partial charge in [-0.25, -0.2) is 4.98 Å². The van der Waals surface area contributed by atoms with Crippen molar-refractivity contribution in [2.24, 2.45) is 5.92 Å². The van der Waals surface area contributed by atoms with E-state index in [1.54, 1.807) is 0 Å². The molecule has 2 rings (SSSR count). The number of hydrogen-bond donors (Lipinski definition) is 4. The van der Waals surface area contributed by atoms with Crippen LogP contribution >= 0.6 is 11.6 Å². The molecule has 0 spiro atoms. The van der Waals surface area contributed by atoms with E-state index in [4.69, 9.17) is 22.4 Å². The number of hydrogen-bond acceptors (Lipinski definition) is 7. The molecule has 8 nitrogen and oxygen atoms in total. The van der Waals surface area contributed by atoms with Crippen molar-refractivity contribution in [1.29, 1.82) is 0 Å². The number of nitrogens with two attached hydrogens (primary N) is 1. The Morgan fingerprint density at radius 3 is 2.71 bits per heavy atom. The third-order valence-corrected chi connectivity index (χ3v) is 3.67. The molecule has 1 unspecified atom stereocenters. The number of rotatable bonds is 6. The lowest BCUT2D eigenvalue weighted by atomic mass is 9.97. The Hall–Kier alpha value is -1.48. The van der Waals surface area contributed by atoms with Gasteiger partial charge in [0.25, 0.3) is 0 Å². The lowest BCUT2D eigenvalue weighted by Crippen LogP contribution is -2.27. The van der Waals surface area contributed by atoms with Crippen LogP contribution < -0.4 is 5.73 Å². The summed E-state index contributed by atoms with van der Waals surface area (Å²) in [5.74, 6) is -0.170. The summed E-state index contributed by atoms with van der Waals surface area (Å²) >= 11 is 5.75. The second kappa shape index (κ2) is 6.52. The van der Waals surface area contributed by atoms with Crippen molar-refractivity contribution >= 4 is 28.6 Å². The van der Waals surface area contributed by atoms with Gasteiger partial charge < -0.3 is 21.1 Å². The van der Waals surface area contributed by atoms with Gasteiger partial charge in [-0.05, 0) is 18.0 Å². The average Bonchev–Trinajstić information content (AvgIpc) is 2.84. The van der Waals surface area contributed by atoms with Crippen LogP contribution in [0.25, 0.3) is 11.2 Å². The Morgan fingerprint density at radius 2 is 2.10 bits per heavy atom. The topological polar surface area (TPSA) is 130 Å². The van der Waals surface area contributed by atoms with Gasteiger partial charge in [-0.3, -0.25) is 4.57 Å². The van der Waals surface area contributed by atoms with Gasteiger partial charge in [-0.1, -0.05) is 6.92 Å². The second-order valence-corrected chi connectivity index (χ2v) is 5.17. The van der Waals surface area contributed by atoms with Crippen molar-refractivity contribution in [1.82, 2.24) is 19.5 Å². The highest BCUT2D eigenvalue weighted by molar-refractivity contribution is 6.28. The molecular formula is C12H18ClN5O3. The molecule has 116 valence electrons. The van der Waals surface area contributed by atoms with Gasteiger partial charge in [-0.2, -0.15) is 9.97 Å². The van der Waals surface area contributed by atoms with Crippen molar-refractivity contribution in [3.63, 3.8) is 0 Å². The van der Waals surface area contributed by atoms with Crippen LogP contribution in [0, 0.1) is 5.92 Å². The summed E-state index contributed by atoms with van der Waals surface area (Å²) in [5, 5.41) is 29.4. The number of aromatic nitrogens is 4. The molecule has 0 aliphatic heterocycles. The molecule has 2 aromatic heterocycles. The van der Waals surface area contributed by atoms with Gasteiger partial charge in [0.1, 0.15) is 11.7 Å². The molecule has 0 aromatic carbocycles. The summed E-state index contributed by atoms with van der Waals surface area (Å²) in [5.41, 5.74) is 6.32. The highest BCUT2D eigenvalue weighted by atomic mass is 35.5. The van der Waals surface area contributed by atoms with E-state index in [2.05, 4.69) is 15.0 Å². The van der Waals surface area contributed by atoms with E-state index in [0.717, 1.165) is 0 Å². The zero-order chi connectivity index (χ0) is 15.6. The summed E-state index contributed by atoms with van der Waals surface area (Å²) in [6.07, 6.45) is 0.101. The van der Waals surface area contributed by atoms with Crippen molar-refractivity contribution in [3.8, 4) is 0 Å². The number of fused-ring (bicyclic) bond motifs is 1. The summed E-state index contributed by atoms with van der Waals surface area (Å²) in [7, 11) is 0. The van der Waals surface area contributed by atoms with E-state index in [1.165, 1.54) is 10.9 Å². The van der Waals surface area contributed by atoms with Gasteiger partial charge in [0.05, 0.1) is 12.4 Å². The SMILES string of the molecule is CCC(CO)[C@H](O)C[C@H](O)n1cnc2c(N)nc(Cl)nc21. The molecule has 0 fully saturated rings. The molecule has 5 N–H and O–H groups in total. The van der Waals surface area contributed by atoms with Gasteiger partial charge in [0.2, 0.25) is 5.28 Å². The fourth-order valence-corrected chi connectivity index (χ4v) is 2.34. The van der Waals surface area contributed by atoms with Crippen molar-refractivity contribution in [2.75, 3.05) is 12.3 Å². The van der Waals surface area contributed by atoms with E-state index in [1.807, 2.05) is 6.92 Å². The average molecular weight is 316 g/mol. The van der Waals surface area contributed by atoms with E-state index in [-0.39, 0.29) is 30.0 Å². The molecule has 3 atom stereocenters. The number of aliphatic hydroxyl groups excluding tert-OH is 3. The largest absolute Gasteiger partial charge is 0.396 e. The molecule has 0 saturated carbocycles. The second-order valence-electron chi connectivity index (χ2n) is 4.84. The van der Waals surface area contributed by atoms with Crippen LogP contribution in [0.1, 0.15) is 26.0 Å². The summed E-state index contributed by atoms with van der Waals surface area (Å²) in [6, 6.07) is 0. The van der Waals surface area contributed by atoms with Gasteiger partial charge in [0.15, 0.2) is 11.5 Å². The Kier molecular flexibility index (Phi) is 4.94. The molecule has 2 heterocycles. The fourth-order valence-electron chi connectivity index (χ4n) is 2.17. The Balaban J connectivity index is 2.25. The lowest BCUT2D eigenvalue weighted by Gasteiger charge is -2.22. The summed E-state index contributed by atoms with van der Waals surface area (Å²) < 4.78 is 1.37. The number of halogens is 1. The maximum atomic E-state index is 10.2. The van der Waals surface area contributed by atoms with Crippen molar-refractivity contribution in [2.45, 2.75) is 32.1 Å². The number of imidazole rings is 1. The molecule has 0 amide bonds. The van der Waals surface area contributed by atoms with Crippen molar-refractivity contribution < 1.29 is 15.3 Å². The minimum absolute atomic E-state index is 0.0338. The summed E-state index contributed by atoms with van der Waals surface area (Å²) in [4.78, 5) is 11.8. The zero-order valence-corrected chi connectivity index (χ0v) is 12.3. The van der Waals surface area contributed by atoms with E-state index in [0.29, 0.717) is 17.6 Å². The first-order valence-electron chi connectivity index (χ1n) is 6.60. The molecule has 0 aliphatic rings. The van der Waals surface area contributed by atoms with Crippen LogP contribution in [-0.4, -0.2) is 47.5 Å². The minimum Gasteiger partial charge on any atom is -0.396 e. The number of nitrogen functional groups attached to an aromatic ring is 1. The predicted octanol–water partition coefficient (Wildman–Crippen LogP) is 0.322. The van der Waals surface area contributed by atoms with Crippen LogP contribution in [0.5, 0.6) is 0 Å². The minimum atomic E-state index is -1.06. The van der Waals surface area contributed by atoms with Crippen LogP contribution in [0.4, 0.5) is 5.82 Å². The molecule has 21 heavy (non-hydrogen) atoms. The van der Waals surface area contributed by atoms with Crippen molar-refractivity contribution in [3.05, 3.63) is 11.6 Å². The predicted molar refractivity (Wildman–Crippen MR) is 77.5 cm³/mol. The Labute approximate surface area is 126 Å². The summed E-state index contributed by atoms with van der Waals surface area (Å²) in [6.45, 7) is 1.72. The van der Waals surface area contributed by atoms with Crippen LogP contribution in [0.3, 0.4) is 0 Å². The highest BCUT2D eigenvalue weighted by Gasteiger charge is 2.23. The molecule has 0 bridgehead atoms. The highest BCUT2D eigenvalue weighted by Crippen LogP contribution is 2.24. The lowest BCUT2D eigenvalue weighted by molar-refractivity contribution is -0.00275. The third-order valence-electron chi connectivity index (χ3n) is 3.50. The Morgan fingerprint density at radius 1 is 1.38 bits per heavy atom. The quantitative estimate of drug-likeness (QED) is 0.565. The van der Waals surface area contributed by atoms with Gasteiger partial charge >= 0.3 is 0 Å². The standard InChI is InChI=1S/C12H18ClN5O3/c1-2-6(4-19)7(20)3-8(21)18-5-15-9-10(14)16-12(13)17-11(9)18/h5-8,19-21H,2-4H2,1H3,(H2,14,16,17)/t6?,7-,8+/m1/s1. The Bertz CT molecular complexity index is 616. The monoisotopic (exact) mass is 315 g/mol. The molecule has 2 aromatic rings. The molecule has 0 saturated heterocycles. The maximum Gasteiger partial charge on any atom is 0.226 e. The first-order valence-corrected chi connectivity index (χ1v) is 6.98. The van der Waals surface area contributed by atoms with Gasteiger partial charge in [0, 0.05) is 18.9 Å². The first-order chi connectivity index (χ1) is 9.97. The fraction of sp³-hybridized carbons (Fsp3) is 0.583. The molecular weight excluding hydrogens is 298 g/mol. The van der Waals surface area contributed by atoms with Gasteiger partial charge in [-0.15, -0.1) is 0 Å². The molecule has 0 radical (unpaired) electrons. The van der Waals surface area contributed by atoms with Crippen LogP contribution in [-0.2, 0) is 0 Å². The number of aliphatic hydroxyl groups is 3. The molecule has 9 heteroatoms.